The summed E-state index contributed by atoms with van der Waals surface area (Å²) in [5.74, 6) is 0. The van der Waals surface area contributed by atoms with Gasteiger partial charge in [-0.25, -0.2) is 9.48 Å². The molecule has 0 bridgehead atoms. The Kier molecular flexibility index (Phi) is 10.4. The summed E-state index contributed by atoms with van der Waals surface area (Å²) in [6.45, 7) is 16.2. The average molecular weight is 422 g/mol. The van der Waals surface area contributed by atoms with Crippen molar-refractivity contribution in [2.24, 2.45) is 4.99 Å². The van der Waals surface area contributed by atoms with Crippen molar-refractivity contribution in [1.82, 2.24) is 19.9 Å². The quantitative estimate of drug-likeness (QED) is 0.292. The van der Waals surface area contributed by atoms with Crippen LogP contribution in [0.25, 0.3) is 11.3 Å². The number of nitrogens with zero attached hydrogens (tertiary/aromatic N) is 5. The fourth-order valence-electron chi connectivity index (χ4n) is 2.59. The Bertz CT molecular complexity index is 795. The van der Waals surface area contributed by atoms with E-state index in [9.17, 15) is 4.79 Å². The Balaban J connectivity index is 3.10. The number of rotatable bonds is 10. The van der Waals surface area contributed by atoms with Gasteiger partial charge >= 0.3 is 6.09 Å². The predicted molar refractivity (Wildman–Crippen MR) is 120 cm³/mol. The highest BCUT2D eigenvalue weighted by atomic mass is 35.5. The zero-order valence-corrected chi connectivity index (χ0v) is 19.0. The SMILES string of the molecule is C=N/C(Cl)=C(\C=C/C)n1nnc(/C(C)=C/CN(CCC)C(=O)OC(C)CC)c1C. The van der Waals surface area contributed by atoms with E-state index in [0.717, 1.165) is 29.8 Å². The van der Waals surface area contributed by atoms with Gasteiger partial charge in [0.15, 0.2) is 5.16 Å². The van der Waals surface area contributed by atoms with E-state index < -0.39 is 0 Å². The molecule has 1 heterocycles. The van der Waals surface area contributed by atoms with Crippen molar-refractivity contribution >= 4 is 35.7 Å². The van der Waals surface area contributed by atoms with Crippen LogP contribution in [-0.2, 0) is 4.74 Å². The molecule has 0 radical (unpaired) electrons. The molecule has 0 saturated heterocycles. The van der Waals surface area contributed by atoms with Crippen LogP contribution in [0, 0.1) is 6.92 Å². The lowest BCUT2D eigenvalue weighted by atomic mass is 10.1. The van der Waals surface area contributed by atoms with E-state index >= 15 is 0 Å². The number of halogens is 1. The molecule has 0 aliphatic carbocycles. The lowest BCUT2D eigenvalue weighted by molar-refractivity contribution is 0.0715. The second-order valence-corrected chi connectivity index (χ2v) is 7.06. The van der Waals surface area contributed by atoms with E-state index in [1.807, 2.05) is 53.7 Å². The molecule has 8 heteroatoms. The topological polar surface area (TPSA) is 72.6 Å². The number of carbonyl (C=O) groups excluding carboxylic acids is 1. The van der Waals surface area contributed by atoms with Crippen LogP contribution < -0.4 is 0 Å². The summed E-state index contributed by atoms with van der Waals surface area (Å²) < 4.78 is 7.09. The Morgan fingerprint density at radius 3 is 2.69 bits per heavy atom. The van der Waals surface area contributed by atoms with E-state index in [0.29, 0.717) is 18.8 Å². The second kappa shape index (κ2) is 12.2. The van der Waals surface area contributed by atoms with E-state index in [-0.39, 0.29) is 17.4 Å². The van der Waals surface area contributed by atoms with Gasteiger partial charge in [0.05, 0.1) is 5.69 Å². The maximum Gasteiger partial charge on any atom is 0.410 e. The third-order valence-electron chi connectivity index (χ3n) is 4.42. The Morgan fingerprint density at radius 1 is 1.45 bits per heavy atom. The van der Waals surface area contributed by atoms with Crippen molar-refractivity contribution in [2.45, 2.75) is 60.5 Å². The van der Waals surface area contributed by atoms with Crippen molar-refractivity contribution < 1.29 is 9.53 Å². The molecule has 160 valence electrons. The summed E-state index contributed by atoms with van der Waals surface area (Å²) >= 11 is 6.17. The molecular formula is C21H32ClN5O2. The molecule has 1 unspecified atom stereocenters. The first-order valence-electron chi connectivity index (χ1n) is 9.85. The maximum atomic E-state index is 12.4. The van der Waals surface area contributed by atoms with E-state index in [4.69, 9.17) is 16.3 Å². The summed E-state index contributed by atoms with van der Waals surface area (Å²) in [7, 11) is 0. The molecule has 0 N–H and O–H groups in total. The van der Waals surface area contributed by atoms with Gasteiger partial charge in [-0.3, -0.25) is 4.99 Å². The summed E-state index contributed by atoms with van der Waals surface area (Å²) in [6, 6.07) is 0. The number of ether oxygens (including phenoxy) is 1. The number of carbonyl (C=O) groups is 1. The van der Waals surface area contributed by atoms with Gasteiger partial charge in [0, 0.05) is 13.1 Å². The number of aromatic nitrogens is 3. The minimum atomic E-state index is -0.298. The minimum Gasteiger partial charge on any atom is -0.446 e. The van der Waals surface area contributed by atoms with Crippen LogP contribution in [0.1, 0.15) is 58.8 Å². The number of hydrogen-bond donors (Lipinski definition) is 0. The van der Waals surface area contributed by atoms with Crippen LogP contribution in [0.3, 0.4) is 0 Å². The summed E-state index contributed by atoms with van der Waals surface area (Å²) in [4.78, 5) is 17.9. The van der Waals surface area contributed by atoms with E-state index in [2.05, 4.69) is 22.0 Å². The zero-order chi connectivity index (χ0) is 22.0. The zero-order valence-electron chi connectivity index (χ0n) is 18.3. The molecule has 7 nitrogen and oxygen atoms in total. The van der Waals surface area contributed by atoms with Crippen molar-refractivity contribution in [3.05, 3.63) is 34.8 Å². The van der Waals surface area contributed by atoms with Crippen LogP contribution in [0.4, 0.5) is 4.79 Å². The summed E-state index contributed by atoms with van der Waals surface area (Å²) in [5.41, 5.74) is 3.05. The maximum absolute atomic E-state index is 12.4. The first-order valence-corrected chi connectivity index (χ1v) is 10.2. The van der Waals surface area contributed by atoms with Crippen LogP contribution >= 0.6 is 11.6 Å². The van der Waals surface area contributed by atoms with Crippen molar-refractivity contribution in [1.29, 1.82) is 0 Å². The molecule has 1 aromatic heterocycles. The highest BCUT2D eigenvalue weighted by molar-refractivity contribution is 6.32. The predicted octanol–water partition coefficient (Wildman–Crippen LogP) is 5.28. The third kappa shape index (κ3) is 6.85. The van der Waals surface area contributed by atoms with Crippen LogP contribution in [-0.4, -0.2) is 51.9 Å². The van der Waals surface area contributed by atoms with Gasteiger partial charge in [-0.2, -0.15) is 0 Å². The number of hydrogen-bond acceptors (Lipinski definition) is 5. The van der Waals surface area contributed by atoms with Crippen LogP contribution in [0.2, 0.25) is 0 Å². The van der Waals surface area contributed by atoms with Gasteiger partial charge in [0.2, 0.25) is 0 Å². The lowest BCUT2D eigenvalue weighted by Crippen LogP contribution is -2.34. The van der Waals surface area contributed by atoms with Gasteiger partial charge < -0.3 is 9.64 Å². The molecular weight excluding hydrogens is 390 g/mol. The van der Waals surface area contributed by atoms with Gasteiger partial charge in [-0.05, 0) is 58.9 Å². The molecule has 29 heavy (non-hydrogen) atoms. The summed E-state index contributed by atoms with van der Waals surface area (Å²) in [6.07, 6.45) is 6.84. The fourth-order valence-corrected chi connectivity index (χ4v) is 2.73. The molecule has 0 fully saturated rings. The number of allylic oxidation sites excluding steroid dienone is 4. The fraction of sp³-hybridized carbons (Fsp3) is 0.524. The molecule has 0 aromatic carbocycles. The van der Waals surface area contributed by atoms with Crippen molar-refractivity contribution in [2.75, 3.05) is 13.1 Å². The minimum absolute atomic E-state index is 0.103. The van der Waals surface area contributed by atoms with Gasteiger partial charge in [0.25, 0.3) is 0 Å². The molecule has 0 saturated carbocycles. The van der Waals surface area contributed by atoms with Crippen LogP contribution in [0.5, 0.6) is 0 Å². The second-order valence-electron chi connectivity index (χ2n) is 6.71. The highest BCUT2D eigenvalue weighted by Crippen LogP contribution is 2.22. The first kappa shape index (κ1) is 24.6. The first-order chi connectivity index (χ1) is 13.8. The Labute approximate surface area is 178 Å². The summed E-state index contributed by atoms with van der Waals surface area (Å²) in [5, 5.41) is 8.74. The van der Waals surface area contributed by atoms with E-state index in [1.54, 1.807) is 15.7 Å². The smallest absolute Gasteiger partial charge is 0.410 e. The molecule has 0 aliphatic rings. The standard InChI is InChI=1S/C21H32ClN5O2/c1-8-11-18(20(22)23-7)27-17(6)19(24-25-27)15(4)12-14-26(13-9-2)21(28)29-16(5)10-3/h8,11-12,16H,7,9-10,13-14H2,1-6H3/b11-8-,15-12+,20-18+. The molecule has 1 aromatic rings. The lowest BCUT2D eigenvalue weighted by Gasteiger charge is -2.22. The molecule has 0 spiro atoms. The molecule has 1 atom stereocenters. The molecule has 1 amide bonds. The normalized spacial score (nSPS) is 14.0. The number of amides is 1. The van der Waals surface area contributed by atoms with Crippen LogP contribution in [0.15, 0.2) is 28.4 Å². The largest absolute Gasteiger partial charge is 0.446 e. The van der Waals surface area contributed by atoms with Crippen molar-refractivity contribution in [3.8, 4) is 0 Å². The Morgan fingerprint density at radius 2 is 2.14 bits per heavy atom. The third-order valence-corrected chi connectivity index (χ3v) is 4.73. The van der Waals surface area contributed by atoms with Crippen molar-refractivity contribution in [3.63, 3.8) is 0 Å². The molecule has 1 rings (SSSR count). The van der Waals surface area contributed by atoms with E-state index in [1.165, 1.54) is 0 Å². The Hall–Kier alpha value is -2.41. The molecule has 0 aliphatic heterocycles. The number of aliphatic imine (C=N–C) groups is 1. The highest BCUT2D eigenvalue weighted by Gasteiger charge is 2.17. The van der Waals surface area contributed by atoms with Gasteiger partial charge in [0.1, 0.15) is 17.5 Å². The average Bonchev–Trinajstić information content (AvgIpc) is 3.09. The van der Waals surface area contributed by atoms with Gasteiger partial charge in [-0.15, -0.1) is 5.10 Å². The monoisotopic (exact) mass is 421 g/mol. The van der Waals surface area contributed by atoms with Gasteiger partial charge in [-0.1, -0.05) is 42.8 Å².